The Kier molecular flexibility index (Phi) is 6.64. The van der Waals surface area contributed by atoms with Crippen molar-refractivity contribution in [1.29, 1.82) is 0 Å². The molecule has 2 aromatic rings. The highest BCUT2D eigenvalue weighted by atomic mass is 16.5. The minimum Gasteiger partial charge on any atom is -0.480 e. The van der Waals surface area contributed by atoms with Gasteiger partial charge in [-0.3, -0.25) is 4.79 Å². The van der Waals surface area contributed by atoms with Crippen molar-refractivity contribution in [3.63, 3.8) is 0 Å². The molecule has 4 rings (SSSR count). The van der Waals surface area contributed by atoms with Crippen LogP contribution in [0.3, 0.4) is 0 Å². The summed E-state index contributed by atoms with van der Waals surface area (Å²) in [4.78, 5) is 37.9. The summed E-state index contributed by atoms with van der Waals surface area (Å²) >= 11 is 0. The maximum Gasteiger partial charge on any atom is 0.408 e. The van der Waals surface area contributed by atoms with Gasteiger partial charge in [-0.25, -0.2) is 9.59 Å². The Morgan fingerprint density at radius 3 is 2.09 bits per heavy atom. The van der Waals surface area contributed by atoms with Gasteiger partial charge in [-0.05, 0) is 48.4 Å². The molecular weight excluding hydrogens is 432 g/mol. The van der Waals surface area contributed by atoms with Crippen LogP contribution in [0.4, 0.5) is 4.79 Å². The zero-order valence-corrected chi connectivity index (χ0v) is 19.7. The van der Waals surface area contributed by atoms with E-state index in [4.69, 9.17) is 4.74 Å². The Morgan fingerprint density at radius 1 is 1.00 bits per heavy atom. The van der Waals surface area contributed by atoms with E-state index >= 15 is 0 Å². The maximum absolute atomic E-state index is 13.3. The SMILES string of the molecule is CCC(C)(NC(=O)C1(NC(=O)OCC2c3ccccc3-c3ccccc32)CCCCC1)C(=O)O. The van der Waals surface area contributed by atoms with E-state index in [1.165, 1.54) is 6.92 Å². The quantitative estimate of drug-likeness (QED) is 0.556. The summed E-state index contributed by atoms with van der Waals surface area (Å²) in [6, 6.07) is 16.2. The number of fused-ring (bicyclic) bond motifs is 3. The van der Waals surface area contributed by atoms with Gasteiger partial charge in [0.15, 0.2) is 0 Å². The minimum atomic E-state index is -1.40. The molecule has 1 atom stereocenters. The molecule has 3 N–H and O–H groups in total. The lowest BCUT2D eigenvalue weighted by Crippen LogP contribution is -2.65. The van der Waals surface area contributed by atoms with Gasteiger partial charge < -0.3 is 20.5 Å². The Balaban J connectivity index is 1.48. The fourth-order valence-electron chi connectivity index (χ4n) is 5.06. The van der Waals surface area contributed by atoms with Gasteiger partial charge in [-0.2, -0.15) is 0 Å². The first-order chi connectivity index (χ1) is 16.3. The van der Waals surface area contributed by atoms with Crippen LogP contribution in [0.1, 0.15) is 69.4 Å². The Hall–Kier alpha value is -3.35. The van der Waals surface area contributed by atoms with Crippen LogP contribution < -0.4 is 10.6 Å². The molecule has 7 heteroatoms. The molecule has 2 aliphatic carbocycles. The van der Waals surface area contributed by atoms with Gasteiger partial charge in [-0.15, -0.1) is 0 Å². The molecule has 0 heterocycles. The van der Waals surface area contributed by atoms with Crippen molar-refractivity contribution >= 4 is 18.0 Å². The number of ether oxygens (including phenoxy) is 1. The number of carboxylic acids is 1. The molecule has 180 valence electrons. The van der Waals surface area contributed by atoms with E-state index < -0.39 is 29.0 Å². The fraction of sp³-hybridized carbons (Fsp3) is 0.444. The van der Waals surface area contributed by atoms with Crippen molar-refractivity contribution in [2.24, 2.45) is 0 Å². The molecule has 1 unspecified atom stereocenters. The molecule has 0 radical (unpaired) electrons. The van der Waals surface area contributed by atoms with Gasteiger partial charge in [0.25, 0.3) is 0 Å². The number of amides is 2. The smallest absolute Gasteiger partial charge is 0.408 e. The lowest BCUT2D eigenvalue weighted by molar-refractivity contribution is -0.148. The molecule has 0 saturated heterocycles. The van der Waals surface area contributed by atoms with Gasteiger partial charge in [0.1, 0.15) is 17.7 Å². The number of benzene rings is 2. The monoisotopic (exact) mass is 464 g/mol. The number of carboxylic acid groups (broad SMARTS) is 1. The Bertz CT molecular complexity index is 1050. The van der Waals surface area contributed by atoms with Crippen LogP contribution in [-0.2, 0) is 14.3 Å². The van der Waals surface area contributed by atoms with Crippen LogP contribution in [0, 0.1) is 0 Å². The topological polar surface area (TPSA) is 105 Å². The third-order valence-electron chi connectivity index (χ3n) is 7.40. The van der Waals surface area contributed by atoms with E-state index in [0.717, 1.165) is 41.5 Å². The largest absolute Gasteiger partial charge is 0.480 e. The van der Waals surface area contributed by atoms with Crippen molar-refractivity contribution in [2.45, 2.75) is 69.4 Å². The molecule has 2 aromatic carbocycles. The van der Waals surface area contributed by atoms with E-state index in [1.807, 2.05) is 24.3 Å². The van der Waals surface area contributed by atoms with E-state index in [-0.39, 0.29) is 18.9 Å². The van der Waals surface area contributed by atoms with Gasteiger partial charge in [-0.1, -0.05) is 74.7 Å². The number of rotatable bonds is 7. The summed E-state index contributed by atoms with van der Waals surface area (Å²) in [6.45, 7) is 3.34. The molecule has 0 aliphatic heterocycles. The van der Waals surface area contributed by atoms with E-state index in [1.54, 1.807) is 6.92 Å². The average molecular weight is 465 g/mol. The Morgan fingerprint density at radius 2 is 1.56 bits per heavy atom. The lowest BCUT2D eigenvalue weighted by Gasteiger charge is -2.38. The normalized spacial score (nSPS) is 18.2. The minimum absolute atomic E-state index is 0.0790. The summed E-state index contributed by atoms with van der Waals surface area (Å²) in [5.74, 6) is -1.65. The van der Waals surface area contributed by atoms with Crippen molar-refractivity contribution in [2.75, 3.05) is 6.61 Å². The zero-order chi connectivity index (χ0) is 24.3. The molecule has 1 fully saturated rings. The maximum atomic E-state index is 13.3. The fourth-order valence-corrected chi connectivity index (χ4v) is 5.06. The summed E-state index contributed by atoms with van der Waals surface area (Å²) in [7, 11) is 0. The molecular formula is C27H32N2O5. The highest BCUT2D eigenvalue weighted by Gasteiger charge is 2.45. The molecule has 0 aromatic heterocycles. The summed E-state index contributed by atoms with van der Waals surface area (Å²) in [6.07, 6.45) is 2.97. The van der Waals surface area contributed by atoms with Crippen LogP contribution in [0.25, 0.3) is 11.1 Å². The lowest BCUT2D eigenvalue weighted by atomic mass is 9.80. The number of carbonyl (C=O) groups excluding carboxylic acids is 2. The number of alkyl carbamates (subject to hydrolysis) is 1. The first-order valence-corrected chi connectivity index (χ1v) is 12.0. The number of hydrogen-bond donors (Lipinski definition) is 3. The summed E-state index contributed by atoms with van der Waals surface area (Å²) in [5, 5.41) is 15.1. The highest BCUT2D eigenvalue weighted by molar-refractivity contribution is 5.94. The Labute approximate surface area is 199 Å². The zero-order valence-electron chi connectivity index (χ0n) is 19.7. The van der Waals surface area contributed by atoms with Gasteiger partial charge >= 0.3 is 12.1 Å². The van der Waals surface area contributed by atoms with Gasteiger partial charge in [0.05, 0.1) is 0 Å². The molecule has 1 saturated carbocycles. The standard InChI is InChI=1S/C27H32N2O5/c1-3-26(2,24(31)32)28-23(30)27(15-9-4-10-16-27)29-25(33)34-17-22-20-13-7-5-11-18(20)19-12-6-8-14-21(19)22/h5-8,11-14,22H,3-4,9-10,15-17H2,1-2H3,(H,28,30)(H,29,33)(H,31,32). The predicted octanol–water partition coefficient (Wildman–Crippen LogP) is 4.60. The molecule has 0 bridgehead atoms. The molecule has 2 aliphatic rings. The van der Waals surface area contributed by atoms with Crippen LogP contribution in [0.5, 0.6) is 0 Å². The highest BCUT2D eigenvalue weighted by Crippen LogP contribution is 2.44. The van der Waals surface area contributed by atoms with Crippen molar-refractivity contribution < 1.29 is 24.2 Å². The number of carbonyl (C=O) groups is 3. The molecule has 2 amide bonds. The van der Waals surface area contributed by atoms with Gasteiger partial charge in [0.2, 0.25) is 5.91 Å². The van der Waals surface area contributed by atoms with Crippen molar-refractivity contribution in [3.05, 3.63) is 59.7 Å². The third-order valence-corrected chi connectivity index (χ3v) is 7.40. The van der Waals surface area contributed by atoms with Crippen LogP contribution in [0.15, 0.2) is 48.5 Å². The predicted molar refractivity (Wildman–Crippen MR) is 128 cm³/mol. The van der Waals surface area contributed by atoms with E-state index in [0.29, 0.717) is 12.8 Å². The number of nitrogens with one attached hydrogen (secondary N) is 2. The second kappa shape index (κ2) is 9.49. The first-order valence-electron chi connectivity index (χ1n) is 12.0. The average Bonchev–Trinajstić information content (AvgIpc) is 3.16. The van der Waals surface area contributed by atoms with Crippen molar-refractivity contribution in [3.8, 4) is 11.1 Å². The molecule has 34 heavy (non-hydrogen) atoms. The van der Waals surface area contributed by atoms with E-state index in [9.17, 15) is 19.5 Å². The van der Waals surface area contributed by atoms with Crippen LogP contribution >= 0.6 is 0 Å². The van der Waals surface area contributed by atoms with Crippen LogP contribution in [0.2, 0.25) is 0 Å². The van der Waals surface area contributed by atoms with Crippen molar-refractivity contribution in [1.82, 2.24) is 10.6 Å². The third kappa shape index (κ3) is 4.39. The number of hydrogen-bond acceptors (Lipinski definition) is 4. The summed E-state index contributed by atoms with van der Waals surface area (Å²) in [5.41, 5.74) is 1.94. The molecule has 7 nitrogen and oxygen atoms in total. The van der Waals surface area contributed by atoms with E-state index in [2.05, 4.69) is 34.9 Å². The second-order valence-electron chi connectivity index (χ2n) is 9.54. The molecule has 0 spiro atoms. The first kappa shape index (κ1) is 23.8. The van der Waals surface area contributed by atoms with Crippen LogP contribution in [-0.4, -0.2) is 40.8 Å². The number of aliphatic carboxylic acids is 1. The second-order valence-corrected chi connectivity index (χ2v) is 9.54. The van der Waals surface area contributed by atoms with Gasteiger partial charge in [0, 0.05) is 5.92 Å². The summed E-state index contributed by atoms with van der Waals surface area (Å²) < 4.78 is 5.68.